The number of carbonyl (C=O) groups is 1. The van der Waals surface area contributed by atoms with Crippen LogP contribution in [0.5, 0.6) is 0 Å². The van der Waals surface area contributed by atoms with Gasteiger partial charge < -0.3 is 14.9 Å². The van der Waals surface area contributed by atoms with Crippen molar-refractivity contribution in [1.29, 1.82) is 0 Å². The standard InChI is InChI=1S/C9H17NO6S/c1-9(13,8(11)12)6-10-17(14,15)5-7-3-2-4-16-7/h7,10,13H,2-6H2,1H3,(H,11,12). The number of rotatable bonds is 6. The summed E-state index contributed by atoms with van der Waals surface area (Å²) >= 11 is 0. The molecule has 0 aromatic heterocycles. The van der Waals surface area contributed by atoms with E-state index in [9.17, 15) is 18.3 Å². The molecule has 0 radical (unpaired) electrons. The summed E-state index contributed by atoms with van der Waals surface area (Å²) in [6.07, 6.45) is 1.16. The van der Waals surface area contributed by atoms with E-state index in [1.165, 1.54) is 0 Å². The predicted molar refractivity (Wildman–Crippen MR) is 59.0 cm³/mol. The largest absolute Gasteiger partial charge is 0.479 e. The van der Waals surface area contributed by atoms with Crippen LogP contribution >= 0.6 is 0 Å². The van der Waals surface area contributed by atoms with E-state index in [4.69, 9.17) is 9.84 Å². The average Bonchev–Trinajstić information content (AvgIpc) is 2.67. The van der Waals surface area contributed by atoms with Crippen molar-refractivity contribution in [2.75, 3.05) is 18.9 Å². The summed E-state index contributed by atoms with van der Waals surface area (Å²) in [5.74, 6) is -1.68. The minimum absolute atomic E-state index is 0.206. The second-order valence-corrected chi connectivity index (χ2v) is 6.17. The van der Waals surface area contributed by atoms with Gasteiger partial charge in [0.15, 0.2) is 5.60 Å². The number of carboxylic acids is 1. The summed E-state index contributed by atoms with van der Waals surface area (Å²) in [6, 6.07) is 0. The van der Waals surface area contributed by atoms with Crippen molar-refractivity contribution in [3.8, 4) is 0 Å². The lowest BCUT2D eigenvalue weighted by Gasteiger charge is -2.19. The molecule has 3 N–H and O–H groups in total. The van der Waals surface area contributed by atoms with Gasteiger partial charge in [-0.15, -0.1) is 0 Å². The smallest absolute Gasteiger partial charge is 0.336 e. The van der Waals surface area contributed by atoms with Gasteiger partial charge in [0.1, 0.15) is 0 Å². The molecule has 1 aliphatic heterocycles. The highest BCUT2D eigenvalue weighted by atomic mass is 32.2. The number of aliphatic hydroxyl groups is 1. The zero-order valence-electron chi connectivity index (χ0n) is 9.55. The molecule has 0 bridgehead atoms. The second kappa shape index (κ2) is 5.30. The van der Waals surface area contributed by atoms with E-state index in [1.807, 2.05) is 0 Å². The normalized spacial score (nSPS) is 24.5. The lowest BCUT2D eigenvalue weighted by molar-refractivity contribution is -0.155. The fourth-order valence-corrected chi connectivity index (χ4v) is 2.78. The number of ether oxygens (including phenoxy) is 1. The van der Waals surface area contributed by atoms with Crippen molar-refractivity contribution in [2.24, 2.45) is 0 Å². The SMILES string of the molecule is CC(O)(CNS(=O)(=O)CC1CCCO1)C(=O)O. The Kier molecular flexibility index (Phi) is 4.48. The van der Waals surface area contributed by atoms with Gasteiger partial charge in [-0.3, -0.25) is 0 Å². The van der Waals surface area contributed by atoms with Gasteiger partial charge in [-0.05, 0) is 19.8 Å². The van der Waals surface area contributed by atoms with Crippen LogP contribution in [0.3, 0.4) is 0 Å². The Balaban J connectivity index is 2.46. The predicted octanol–water partition coefficient (Wildman–Crippen LogP) is -1.08. The minimum atomic E-state index is -3.63. The number of carboxylic acid groups (broad SMARTS) is 1. The molecule has 1 fully saturated rings. The fraction of sp³-hybridized carbons (Fsp3) is 0.889. The van der Waals surface area contributed by atoms with E-state index in [0.717, 1.165) is 13.3 Å². The lowest BCUT2D eigenvalue weighted by atomic mass is 10.1. The Hall–Kier alpha value is -0.700. The number of aliphatic carboxylic acids is 1. The maximum absolute atomic E-state index is 11.6. The lowest BCUT2D eigenvalue weighted by Crippen LogP contribution is -2.47. The number of hydrogen-bond donors (Lipinski definition) is 3. The molecule has 1 rings (SSSR count). The van der Waals surface area contributed by atoms with Crippen LogP contribution in [0.4, 0.5) is 0 Å². The molecule has 0 aromatic rings. The van der Waals surface area contributed by atoms with Gasteiger partial charge in [-0.1, -0.05) is 0 Å². The van der Waals surface area contributed by atoms with E-state index >= 15 is 0 Å². The van der Waals surface area contributed by atoms with Crippen molar-refractivity contribution in [2.45, 2.75) is 31.5 Å². The minimum Gasteiger partial charge on any atom is -0.479 e. The molecule has 100 valence electrons. The Morgan fingerprint density at radius 1 is 1.59 bits per heavy atom. The monoisotopic (exact) mass is 267 g/mol. The van der Waals surface area contributed by atoms with E-state index in [-0.39, 0.29) is 11.9 Å². The number of nitrogens with one attached hydrogen (secondary N) is 1. The number of hydrogen-bond acceptors (Lipinski definition) is 5. The zero-order valence-corrected chi connectivity index (χ0v) is 10.4. The molecule has 2 unspecified atom stereocenters. The average molecular weight is 267 g/mol. The first-order valence-corrected chi connectivity index (χ1v) is 6.93. The van der Waals surface area contributed by atoms with Gasteiger partial charge in [0.05, 0.1) is 11.9 Å². The first kappa shape index (κ1) is 14.4. The van der Waals surface area contributed by atoms with Crippen molar-refractivity contribution in [3.05, 3.63) is 0 Å². The molecule has 17 heavy (non-hydrogen) atoms. The zero-order chi connectivity index (χ0) is 13.1. The van der Waals surface area contributed by atoms with Gasteiger partial charge in [-0.2, -0.15) is 0 Å². The topological polar surface area (TPSA) is 113 Å². The van der Waals surface area contributed by atoms with Crippen LogP contribution in [-0.2, 0) is 19.6 Å². The summed E-state index contributed by atoms with van der Waals surface area (Å²) in [5, 5.41) is 18.0. The maximum Gasteiger partial charge on any atom is 0.336 e. The van der Waals surface area contributed by atoms with Gasteiger partial charge in [-0.25, -0.2) is 17.9 Å². The van der Waals surface area contributed by atoms with E-state index in [2.05, 4.69) is 4.72 Å². The summed E-state index contributed by atoms with van der Waals surface area (Å²) in [5.41, 5.74) is -2.11. The molecule has 0 spiro atoms. The van der Waals surface area contributed by atoms with Crippen molar-refractivity contribution in [1.82, 2.24) is 4.72 Å². The van der Waals surface area contributed by atoms with E-state index in [0.29, 0.717) is 13.0 Å². The summed E-state index contributed by atoms with van der Waals surface area (Å²) in [4.78, 5) is 10.6. The molecule has 0 aliphatic carbocycles. The molecule has 8 heteroatoms. The van der Waals surface area contributed by atoms with Crippen LogP contribution in [0.2, 0.25) is 0 Å². The van der Waals surface area contributed by atoms with Crippen LogP contribution in [0, 0.1) is 0 Å². The highest BCUT2D eigenvalue weighted by Gasteiger charge is 2.32. The molecule has 1 heterocycles. The highest BCUT2D eigenvalue weighted by molar-refractivity contribution is 7.89. The first-order chi connectivity index (χ1) is 7.73. The van der Waals surface area contributed by atoms with E-state index < -0.39 is 28.1 Å². The van der Waals surface area contributed by atoms with Gasteiger partial charge in [0, 0.05) is 13.2 Å². The highest BCUT2D eigenvalue weighted by Crippen LogP contribution is 2.13. The molecule has 2 atom stereocenters. The Bertz CT molecular complexity index is 371. The third-order valence-corrected chi connectivity index (χ3v) is 3.92. The quantitative estimate of drug-likeness (QED) is 0.564. The van der Waals surface area contributed by atoms with Gasteiger partial charge >= 0.3 is 5.97 Å². The molecule has 0 amide bonds. The van der Waals surface area contributed by atoms with Gasteiger partial charge in [0.2, 0.25) is 10.0 Å². The molecule has 0 saturated carbocycles. The summed E-state index contributed by atoms with van der Waals surface area (Å²) in [7, 11) is -3.63. The molecule has 1 saturated heterocycles. The molecular weight excluding hydrogens is 250 g/mol. The summed E-state index contributed by atoms with van der Waals surface area (Å²) in [6.45, 7) is 1.02. The van der Waals surface area contributed by atoms with Gasteiger partial charge in [0.25, 0.3) is 0 Å². The maximum atomic E-state index is 11.6. The van der Waals surface area contributed by atoms with Crippen LogP contribution in [-0.4, -0.2) is 55.2 Å². The summed E-state index contributed by atoms with van der Waals surface area (Å²) < 4.78 is 30.4. The Morgan fingerprint density at radius 2 is 2.24 bits per heavy atom. The Labute approximate surface area is 99.8 Å². The van der Waals surface area contributed by atoms with E-state index in [1.54, 1.807) is 0 Å². The first-order valence-electron chi connectivity index (χ1n) is 5.28. The van der Waals surface area contributed by atoms with Crippen molar-refractivity contribution < 1.29 is 28.2 Å². The van der Waals surface area contributed by atoms with Crippen LogP contribution in [0.25, 0.3) is 0 Å². The molecule has 1 aliphatic rings. The molecular formula is C9H17NO6S. The second-order valence-electron chi connectivity index (χ2n) is 4.32. The molecule has 0 aromatic carbocycles. The Morgan fingerprint density at radius 3 is 2.71 bits per heavy atom. The third-order valence-electron chi connectivity index (χ3n) is 2.53. The van der Waals surface area contributed by atoms with Crippen molar-refractivity contribution in [3.63, 3.8) is 0 Å². The van der Waals surface area contributed by atoms with Crippen LogP contribution < -0.4 is 4.72 Å². The van der Waals surface area contributed by atoms with Crippen LogP contribution in [0.1, 0.15) is 19.8 Å². The van der Waals surface area contributed by atoms with Crippen molar-refractivity contribution >= 4 is 16.0 Å². The molecule has 7 nitrogen and oxygen atoms in total. The number of sulfonamides is 1. The third kappa shape index (κ3) is 4.58. The fourth-order valence-electron chi connectivity index (χ4n) is 1.41. The van der Waals surface area contributed by atoms with Crippen LogP contribution in [0.15, 0.2) is 0 Å².